The maximum atomic E-state index is 11.4. The molecule has 0 aliphatic heterocycles. The Labute approximate surface area is 107 Å². The molecule has 0 aliphatic rings. The van der Waals surface area contributed by atoms with Crippen LogP contribution in [0.1, 0.15) is 18.4 Å². The minimum absolute atomic E-state index is 0.0640. The Morgan fingerprint density at radius 1 is 1.41 bits per heavy atom. The normalized spacial score (nSPS) is 10.2. The zero-order valence-electron chi connectivity index (χ0n) is 10.0. The summed E-state index contributed by atoms with van der Waals surface area (Å²) >= 11 is 6.02. The molecular weight excluding hydrogens is 238 g/mol. The van der Waals surface area contributed by atoms with Crippen LogP contribution in [0.15, 0.2) is 24.3 Å². The summed E-state index contributed by atoms with van der Waals surface area (Å²) in [5.74, 6) is 0.0640. The van der Waals surface area contributed by atoms with E-state index in [1.54, 1.807) is 7.11 Å². The lowest BCUT2D eigenvalue weighted by molar-refractivity contribution is -0.121. The zero-order valence-corrected chi connectivity index (χ0v) is 10.8. The summed E-state index contributed by atoms with van der Waals surface area (Å²) in [5, 5.41) is 3.56. The van der Waals surface area contributed by atoms with Crippen molar-refractivity contribution in [3.8, 4) is 0 Å². The first-order valence-electron chi connectivity index (χ1n) is 5.73. The van der Waals surface area contributed by atoms with Crippen LogP contribution in [0.5, 0.6) is 0 Å². The molecule has 0 spiro atoms. The second-order valence-electron chi connectivity index (χ2n) is 3.79. The molecule has 1 aromatic rings. The maximum absolute atomic E-state index is 11.4. The van der Waals surface area contributed by atoms with E-state index in [4.69, 9.17) is 16.3 Å². The average Bonchev–Trinajstić information content (AvgIpc) is 2.32. The van der Waals surface area contributed by atoms with Gasteiger partial charge >= 0.3 is 0 Å². The standard InChI is InChI=1S/C13H18ClNO2/c1-17-10-9-15-13(16)8-4-6-11-5-2-3-7-12(11)14/h2-3,5,7H,4,6,8-10H2,1H3,(H,15,16). The predicted octanol–water partition coefficient (Wildman–Crippen LogP) is 2.43. The van der Waals surface area contributed by atoms with Gasteiger partial charge in [0, 0.05) is 25.1 Å². The molecule has 1 rings (SSSR count). The molecule has 0 unspecified atom stereocenters. The fraction of sp³-hybridized carbons (Fsp3) is 0.462. The van der Waals surface area contributed by atoms with Crippen molar-refractivity contribution in [2.45, 2.75) is 19.3 Å². The van der Waals surface area contributed by atoms with Crippen molar-refractivity contribution in [3.05, 3.63) is 34.9 Å². The molecule has 3 nitrogen and oxygen atoms in total. The van der Waals surface area contributed by atoms with Gasteiger partial charge < -0.3 is 10.1 Å². The number of carbonyl (C=O) groups excluding carboxylic acids is 1. The second kappa shape index (κ2) is 8.09. The van der Waals surface area contributed by atoms with E-state index < -0.39 is 0 Å². The van der Waals surface area contributed by atoms with Gasteiger partial charge in [-0.15, -0.1) is 0 Å². The highest BCUT2D eigenvalue weighted by Gasteiger charge is 2.02. The molecule has 1 aromatic carbocycles. The Morgan fingerprint density at radius 3 is 2.88 bits per heavy atom. The number of hydrogen-bond donors (Lipinski definition) is 1. The fourth-order valence-corrected chi connectivity index (χ4v) is 1.75. The molecule has 0 heterocycles. The summed E-state index contributed by atoms with van der Waals surface area (Å²) in [6, 6.07) is 7.73. The Hall–Kier alpha value is -1.06. The summed E-state index contributed by atoms with van der Waals surface area (Å²) in [6.45, 7) is 1.12. The van der Waals surface area contributed by atoms with Crippen LogP contribution in [0.3, 0.4) is 0 Å². The van der Waals surface area contributed by atoms with Gasteiger partial charge in [0.25, 0.3) is 0 Å². The molecule has 0 atom stereocenters. The number of hydrogen-bond acceptors (Lipinski definition) is 2. The molecule has 0 bridgehead atoms. The number of halogens is 1. The molecule has 94 valence electrons. The van der Waals surface area contributed by atoms with Gasteiger partial charge in [0.05, 0.1) is 6.61 Å². The van der Waals surface area contributed by atoms with E-state index in [1.807, 2.05) is 24.3 Å². The number of methoxy groups -OCH3 is 1. The van der Waals surface area contributed by atoms with Crippen molar-refractivity contribution in [2.75, 3.05) is 20.3 Å². The van der Waals surface area contributed by atoms with Crippen LogP contribution in [-0.2, 0) is 16.0 Å². The summed E-state index contributed by atoms with van der Waals surface area (Å²) in [4.78, 5) is 11.4. The number of ether oxygens (including phenoxy) is 1. The van der Waals surface area contributed by atoms with Crippen LogP contribution >= 0.6 is 11.6 Å². The number of rotatable bonds is 7. The summed E-state index contributed by atoms with van der Waals surface area (Å²) < 4.78 is 4.85. The van der Waals surface area contributed by atoms with Crippen molar-refractivity contribution in [2.24, 2.45) is 0 Å². The molecule has 0 fully saturated rings. The van der Waals surface area contributed by atoms with E-state index in [1.165, 1.54) is 0 Å². The van der Waals surface area contributed by atoms with E-state index in [0.29, 0.717) is 19.6 Å². The Kier molecular flexibility index (Phi) is 6.67. The van der Waals surface area contributed by atoms with Gasteiger partial charge in [-0.1, -0.05) is 29.8 Å². The van der Waals surface area contributed by atoms with Crippen LogP contribution in [0.4, 0.5) is 0 Å². The van der Waals surface area contributed by atoms with E-state index in [0.717, 1.165) is 23.4 Å². The van der Waals surface area contributed by atoms with Crippen molar-refractivity contribution >= 4 is 17.5 Å². The van der Waals surface area contributed by atoms with Gasteiger partial charge in [0.1, 0.15) is 0 Å². The van der Waals surface area contributed by atoms with E-state index in [2.05, 4.69) is 5.32 Å². The number of nitrogens with one attached hydrogen (secondary N) is 1. The van der Waals surface area contributed by atoms with Crippen LogP contribution < -0.4 is 5.32 Å². The fourth-order valence-electron chi connectivity index (χ4n) is 1.52. The largest absolute Gasteiger partial charge is 0.383 e. The zero-order chi connectivity index (χ0) is 12.5. The molecule has 0 radical (unpaired) electrons. The Morgan fingerprint density at radius 2 is 2.18 bits per heavy atom. The van der Waals surface area contributed by atoms with Crippen LogP contribution in [0.2, 0.25) is 5.02 Å². The third-order valence-corrected chi connectivity index (χ3v) is 2.80. The number of aryl methyl sites for hydroxylation is 1. The van der Waals surface area contributed by atoms with Gasteiger partial charge in [-0.25, -0.2) is 0 Å². The summed E-state index contributed by atoms with van der Waals surface area (Å²) in [6.07, 6.45) is 2.16. The number of amides is 1. The van der Waals surface area contributed by atoms with Crippen molar-refractivity contribution in [1.82, 2.24) is 5.32 Å². The van der Waals surface area contributed by atoms with Crippen LogP contribution in [0, 0.1) is 0 Å². The van der Waals surface area contributed by atoms with Gasteiger partial charge in [-0.2, -0.15) is 0 Å². The SMILES string of the molecule is COCCNC(=O)CCCc1ccccc1Cl. The second-order valence-corrected chi connectivity index (χ2v) is 4.19. The Bertz CT molecular complexity index is 355. The van der Waals surface area contributed by atoms with Gasteiger partial charge in [-0.05, 0) is 24.5 Å². The van der Waals surface area contributed by atoms with Crippen LogP contribution in [0.25, 0.3) is 0 Å². The highest BCUT2D eigenvalue weighted by atomic mass is 35.5. The highest BCUT2D eigenvalue weighted by molar-refractivity contribution is 6.31. The molecule has 0 aromatic heterocycles. The average molecular weight is 256 g/mol. The van der Waals surface area contributed by atoms with Gasteiger partial charge in [0.15, 0.2) is 0 Å². The minimum atomic E-state index is 0.0640. The molecule has 4 heteroatoms. The third-order valence-electron chi connectivity index (χ3n) is 2.44. The maximum Gasteiger partial charge on any atom is 0.220 e. The van der Waals surface area contributed by atoms with Gasteiger partial charge in [0.2, 0.25) is 5.91 Å². The van der Waals surface area contributed by atoms with Crippen LogP contribution in [-0.4, -0.2) is 26.2 Å². The molecule has 17 heavy (non-hydrogen) atoms. The molecule has 0 saturated carbocycles. The quantitative estimate of drug-likeness (QED) is 0.760. The van der Waals surface area contributed by atoms with E-state index >= 15 is 0 Å². The molecular formula is C13H18ClNO2. The van der Waals surface area contributed by atoms with E-state index in [9.17, 15) is 4.79 Å². The van der Waals surface area contributed by atoms with Crippen molar-refractivity contribution in [1.29, 1.82) is 0 Å². The molecule has 1 amide bonds. The summed E-state index contributed by atoms with van der Waals surface area (Å²) in [7, 11) is 1.61. The van der Waals surface area contributed by atoms with E-state index in [-0.39, 0.29) is 5.91 Å². The first kappa shape index (κ1) is 14.0. The first-order chi connectivity index (χ1) is 8.24. The lowest BCUT2D eigenvalue weighted by Crippen LogP contribution is -2.26. The lowest BCUT2D eigenvalue weighted by Gasteiger charge is -2.05. The molecule has 1 N–H and O–H groups in total. The minimum Gasteiger partial charge on any atom is -0.383 e. The Balaban J connectivity index is 2.19. The highest BCUT2D eigenvalue weighted by Crippen LogP contribution is 2.16. The van der Waals surface area contributed by atoms with Gasteiger partial charge in [-0.3, -0.25) is 4.79 Å². The van der Waals surface area contributed by atoms with Crippen molar-refractivity contribution < 1.29 is 9.53 Å². The predicted molar refractivity (Wildman–Crippen MR) is 69.3 cm³/mol. The monoisotopic (exact) mass is 255 g/mol. The number of benzene rings is 1. The number of carbonyl (C=O) groups is 1. The smallest absolute Gasteiger partial charge is 0.220 e. The third kappa shape index (κ3) is 5.71. The lowest BCUT2D eigenvalue weighted by atomic mass is 10.1. The topological polar surface area (TPSA) is 38.3 Å². The first-order valence-corrected chi connectivity index (χ1v) is 6.11. The molecule has 0 saturated heterocycles. The molecule has 0 aliphatic carbocycles. The van der Waals surface area contributed by atoms with Crippen molar-refractivity contribution in [3.63, 3.8) is 0 Å². The summed E-state index contributed by atoms with van der Waals surface area (Å²) in [5.41, 5.74) is 1.10.